The quantitative estimate of drug-likeness (QED) is 0.263. The maximum absolute atomic E-state index is 13.2. The fraction of sp³-hybridized carbons (Fsp3) is 0.192. The molecule has 0 bridgehead atoms. The predicted octanol–water partition coefficient (Wildman–Crippen LogP) is 5.76. The molecule has 0 atom stereocenters. The van der Waals surface area contributed by atoms with Crippen molar-refractivity contribution in [1.29, 1.82) is 0 Å². The topological polar surface area (TPSA) is 97.2 Å². The molecular formula is C26H23Cl2N5O3S2. The highest BCUT2D eigenvalue weighted by Gasteiger charge is 2.28. The number of amides is 1. The Morgan fingerprint density at radius 1 is 0.921 bits per heavy atom. The first kappa shape index (κ1) is 26.7. The molecule has 0 aliphatic carbocycles. The molecule has 4 aromatic rings. The molecule has 1 fully saturated rings. The number of hydrogen-bond acceptors (Lipinski definition) is 6. The molecule has 8 nitrogen and oxygen atoms in total. The first-order valence-electron chi connectivity index (χ1n) is 11.8. The zero-order valence-corrected chi connectivity index (χ0v) is 23.2. The second kappa shape index (κ2) is 11.5. The van der Waals surface area contributed by atoms with Gasteiger partial charge in [-0.3, -0.25) is 9.36 Å². The van der Waals surface area contributed by atoms with Crippen molar-refractivity contribution in [3.8, 4) is 17.1 Å². The van der Waals surface area contributed by atoms with Crippen molar-refractivity contribution in [2.75, 3.05) is 24.2 Å². The summed E-state index contributed by atoms with van der Waals surface area (Å²) in [6.07, 6.45) is 1.72. The Kier molecular flexibility index (Phi) is 8.06. The zero-order chi connectivity index (χ0) is 26.7. The monoisotopic (exact) mass is 587 g/mol. The van der Waals surface area contributed by atoms with Gasteiger partial charge in [0.25, 0.3) is 0 Å². The number of hydrogen-bond donors (Lipinski definition) is 1. The van der Waals surface area contributed by atoms with Gasteiger partial charge in [0.1, 0.15) is 0 Å². The van der Waals surface area contributed by atoms with Crippen LogP contribution in [0.1, 0.15) is 12.8 Å². The SMILES string of the molecule is O=C(CSc1nnc(-c2cccc(S(=O)(=O)N3CCCC3)c2)n1-c1ccccc1)Nc1cc(Cl)cc(Cl)c1. The Morgan fingerprint density at radius 2 is 1.63 bits per heavy atom. The molecular weight excluding hydrogens is 565 g/mol. The molecule has 0 saturated carbocycles. The van der Waals surface area contributed by atoms with Crippen LogP contribution in [0.5, 0.6) is 0 Å². The molecule has 1 aromatic heterocycles. The van der Waals surface area contributed by atoms with E-state index in [1.807, 2.05) is 34.9 Å². The fourth-order valence-electron chi connectivity index (χ4n) is 4.19. The van der Waals surface area contributed by atoms with Crippen molar-refractivity contribution in [3.63, 3.8) is 0 Å². The summed E-state index contributed by atoms with van der Waals surface area (Å²) < 4.78 is 29.7. The molecule has 0 radical (unpaired) electrons. The first-order chi connectivity index (χ1) is 18.3. The number of rotatable bonds is 8. The Hall–Kier alpha value is -2.89. The highest BCUT2D eigenvalue weighted by molar-refractivity contribution is 7.99. The third-order valence-corrected chi connectivity index (χ3v) is 9.18. The van der Waals surface area contributed by atoms with Gasteiger partial charge in [-0.05, 0) is 55.3 Å². The van der Waals surface area contributed by atoms with Gasteiger partial charge in [0.2, 0.25) is 15.9 Å². The number of carbonyl (C=O) groups is 1. The molecule has 3 aromatic carbocycles. The van der Waals surface area contributed by atoms with Gasteiger partial charge >= 0.3 is 0 Å². The normalized spacial score (nSPS) is 14.1. The van der Waals surface area contributed by atoms with E-state index in [1.54, 1.807) is 42.5 Å². The van der Waals surface area contributed by atoms with E-state index in [-0.39, 0.29) is 16.6 Å². The second-order valence-electron chi connectivity index (χ2n) is 8.61. The van der Waals surface area contributed by atoms with Crippen molar-refractivity contribution in [2.45, 2.75) is 22.9 Å². The van der Waals surface area contributed by atoms with Crippen molar-refractivity contribution >= 4 is 56.6 Å². The van der Waals surface area contributed by atoms with Crippen LogP contribution in [-0.2, 0) is 14.8 Å². The van der Waals surface area contributed by atoms with Crippen molar-refractivity contribution in [2.24, 2.45) is 0 Å². The Balaban J connectivity index is 1.44. The maximum atomic E-state index is 13.2. The van der Waals surface area contributed by atoms with E-state index in [0.717, 1.165) is 18.5 Å². The minimum absolute atomic E-state index is 0.0540. The van der Waals surface area contributed by atoms with E-state index in [9.17, 15) is 13.2 Å². The number of nitrogens with one attached hydrogen (secondary N) is 1. The molecule has 38 heavy (non-hydrogen) atoms. The minimum atomic E-state index is -3.60. The number of halogens is 2. The van der Waals surface area contributed by atoms with Gasteiger partial charge in [-0.25, -0.2) is 8.42 Å². The Bertz CT molecular complexity index is 1550. The Morgan fingerprint density at radius 3 is 2.34 bits per heavy atom. The average molecular weight is 589 g/mol. The van der Waals surface area contributed by atoms with E-state index in [1.165, 1.54) is 16.1 Å². The van der Waals surface area contributed by atoms with Crippen LogP contribution in [0.25, 0.3) is 17.1 Å². The summed E-state index contributed by atoms with van der Waals surface area (Å²) in [5.41, 5.74) is 1.88. The molecule has 1 amide bonds. The van der Waals surface area contributed by atoms with Crippen LogP contribution in [0.2, 0.25) is 10.0 Å². The molecule has 12 heteroatoms. The van der Waals surface area contributed by atoms with E-state index in [2.05, 4.69) is 15.5 Å². The van der Waals surface area contributed by atoms with Crippen LogP contribution < -0.4 is 5.32 Å². The molecule has 1 saturated heterocycles. The lowest BCUT2D eigenvalue weighted by Crippen LogP contribution is -2.27. The number of anilines is 1. The van der Waals surface area contributed by atoms with Crippen LogP contribution >= 0.6 is 35.0 Å². The smallest absolute Gasteiger partial charge is 0.243 e. The molecule has 2 heterocycles. The largest absolute Gasteiger partial charge is 0.325 e. The third-order valence-electron chi connectivity index (χ3n) is 5.92. The van der Waals surface area contributed by atoms with Crippen molar-refractivity contribution in [3.05, 3.63) is 82.8 Å². The summed E-state index contributed by atoms with van der Waals surface area (Å²) in [4.78, 5) is 12.9. The minimum Gasteiger partial charge on any atom is -0.325 e. The molecule has 1 N–H and O–H groups in total. The van der Waals surface area contributed by atoms with Gasteiger partial charge in [-0.1, -0.05) is 65.3 Å². The summed E-state index contributed by atoms with van der Waals surface area (Å²) >= 11 is 13.3. The summed E-state index contributed by atoms with van der Waals surface area (Å²) in [5, 5.41) is 12.8. The number of para-hydroxylation sites is 1. The average Bonchev–Trinajstić information content (AvgIpc) is 3.59. The highest BCUT2D eigenvalue weighted by atomic mass is 35.5. The number of thioether (sulfide) groups is 1. The number of nitrogens with zero attached hydrogens (tertiary/aromatic N) is 4. The molecule has 1 aliphatic heterocycles. The van der Waals surface area contributed by atoms with Crippen LogP contribution in [0.3, 0.4) is 0 Å². The summed E-state index contributed by atoms with van der Waals surface area (Å²) in [6.45, 7) is 1.05. The van der Waals surface area contributed by atoms with Gasteiger partial charge in [0, 0.05) is 40.1 Å². The standard InChI is InChI=1S/C26H23Cl2N5O3S2/c27-19-14-20(28)16-21(15-19)29-24(34)17-37-26-31-30-25(33(26)22-8-2-1-3-9-22)18-7-6-10-23(13-18)38(35,36)32-11-4-5-12-32/h1-3,6-10,13-16H,4-5,11-12,17H2,(H,29,34). The highest BCUT2D eigenvalue weighted by Crippen LogP contribution is 2.31. The van der Waals surface area contributed by atoms with Gasteiger partial charge in [-0.15, -0.1) is 10.2 Å². The van der Waals surface area contributed by atoms with Gasteiger partial charge < -0.3 is 5.32 Å². The number of benzene rings is 3. The van der Waals surface area contributed by atoms with Crippen LogP contribution in [0.4, 0.5) is 5.69 Å². The van der Waals surface area contributed by atoms with Gasteiger partial charge in [0.15, 0.2) is 11.0 Å². The molecule has 0 unspecified atom stereocenters. The number of sulfonamides is 1. The lowest BCUT2D eigenvalue weighted by atomic mass is 10.2. The molecule has 5 rings (SSSR count). The van der Waals surface area contributed by atoms with Crippen LogP contribution in [0, 0.1) is 0 Å². The predicted molar refractivity (Wildman–Crippen MR) is 151 cm³/mol. The Labute approximate surface area is 235 Å². The van der Waals surface area contributed by atoms with Crippen molar-refractivity contribution < 1.29 is 13.2 Å². The first-order valence-corrected chi connectivity index (χ1v) is 15.0. The van der Waals surface area contributed by atoms with E-state index >= 15 is 0 Å². The molecule has 0 spiro atoms. The van der Waals surface area contributed by atoms with E-state index in [4.69, 9.17) is 23.2 Å². The maximum Gasteiger partial charge on any atom is 0.243 e. The summed E-state index contributed by atoms with van der Waals surface area (Å²) in [7, 11) is -3.60. The summed E-state index contributed by atoms with van der Waals surface area (Å²) in [6, 6.07) is 21.0. The van der Waals surface area contributed by atoms with Crippen LogP contribution in [-0.4, -0.2) is 52.2 Å². The molecule has 196 valence electrons. The lowest BCUT2D eigenvalue weighted by molar-refractivity contribution is -0.113. The van der Waals surface area contributed by atoms with Crippen molar-refractivity contribution in [1.82, 2.24) is 19.1 Å². The van der Waals surface area contributed by atoms with Crippen LogP contribution in [0.15, 0.2) is 82.8 Å². The fourth-order valence-corrected chi connectivity index (χ4v) is 7.03. The number of carbonyl (C=O) groups excluding carboxylic acids is 1. The van der Waals surface area contributed by atoms with Gasteiger partial charge in [-0.2, -0.15) is 4.31 Å². The lowest BCUT2D eigenvalue weighted by Gasteiger charge is -2.16. The third kappa shape index (κ3) is 5.89. The zero-order valence-electron chi connectivity index (χ0n) is 20.0. The number of aromatic nitrogens is 3. The van der Waals surface area contributed by atoms with E-state index < -0.39 is 10.0 Å². The van der Waals surface area contributed by atoms with E-state index in [0.29, 0.717) is 45.4 Å². The second-order valence-corrected chi connectivity index (χ2v) is 12.4. The molecule has 1 aliphatic rings. The van der Waals surface area contributed by atoms with Gasteiger partial charge in [0.05, 0.1) is 10.6 Å². The summed E-state index contributed by atoms with van der Waals surface area (Å²) in [5.74, 6) is 0.258.